The summed E-state index contributed by atoms with van der Waals surface area (Å²) in [5.74, 6) is 1.25. The number of thioether (sulfide) groups is 1. The topological polar surface area (TPSA) is 0 Å². The molecule has 11 heavy (non-hydrogen) atoms. The lowest BCUT2D eigenvalue weighted by Crippen LogP contribution is -1.73. The molecule has 0 unspecified atom stereocenters. The third kappa shape index (κ3) is 2.26. The number of allylic oxidation sites excluding steroid dienone is 5. The predicted molar refractivity (Wildman–Crippen MR) is 53.7 cm³/mol. The van der Waals surface area contributed by atoms with Gasteiger partial charge in [-0.3, -0.25) is 0 Å². The maximum absolute atomic E-state index is 2.22. The summed E-state index contributed by atoms with van der Waals surface area (Å²) in [6, 6.07) is 0. The Hall–Kier alpha value is -0.430. The van der Waals surface area contributed by atoms with E-state index in [4.69, 9.17) is 0 Å². The molecule has 0 saturated carbocycles. The largest absolute Gasteiger partial charge is 0.126 e. The van der Waals surface area contributed by atoms with Crippen LogP contribution in [0.15, 0.2) is 34.8 Å². The van der Waals surface area contributed by atoms with Crippen LogP contribution < -0.4 is 0 Å². The maximum atomic E-state index is 2.22. The third-order valence-corrected chi connectivity index (χ3v) is 2.75. The van der Waals surface area contributed by atoms with Crippen molar-refractivity contribution in [2.24, 2.45) is 0 Å². The fourth-order valence-corrected chi connectivity index (χ4v) is 2.29. The van der Waals surface area contributed by atoms with Gasteiger partial charge in [-0.1, -0.05) is 24.3 Å². The van der Waals surface area contributed by atoms with Gasteiger partial charge in [-0.05, 0) is 25.8 Å². The first-order valence-electron chi connectivity index (χ1n) is 4.00. The Morgan fingerprint density at radius 1 is 1.18 bits per heavy atom. The Bertz CT molecular complexity index is 187. The first-order chi connectivity index (χ1) is 5.38. The summed E-state index contributed by atoms with van der Waals surface area (Å²) in [5, 5.41) is 0. The van der Waals surface area contributed by atoms with E-state index in [1.807, 2.05) is 11.8 Å². The summed E-state index contributed by atoms with van der Waals surface area (Å²) in [5.41, 5.74) is 1.50. The van der Waals surface area contributed by atoms with E-state index in [0.29, 0.717) is 0 Å². The van der Waals surface area contributed by atoms with E-state index < -0.39 is 0 Å². The van der Waals surface area contributed by atoms with Crippen molar-refractivity contribution in [2.75, 3.05) is 5.75 Å². The molecule has 0 aliphatic carbocycles. The molecule has 1 aliphatic rings. The van der Waals surface area contributed by atoms with E-state index in [9.17, 15) is 0 Å². The van der Waals surface area contributed by atoms with Crippen LogP contribution in [0, 0.1) is 0 Å². The van der Waals surface area contributed by atoms with Crippen molar-refractivity contribution < 1.29 is 0 Å². The monoisotopic (exact) mass is 166 g/mol. The van der Waals surface area contributed by atoms with Gasteiger partial charge in [0.05, 0.1) is 0 Å². The van der Waals surface area contributed by atoms with Crippen LogP contribution in [-0.2, 0) is 0 Å². The lowest BCUT2D eigenvalue weighted by atomic mass is 10.2. The molecule has 0 N–H and O–H groups in total. The minimum absolute atomic E-state index is 1.23. The van der Waals surface area contributed by atoms with E-state index in [-0.39, 0.29) is 0 Å². The quantitative estimate of drug-likeness (QED) is 0.604. The van der Waals surface area contributed by atoms with E-state index in [0.717, 1.165) is 0 Å². The van der Waals surface area contributed by atoms with Crippen molar-refractivity contribution in [1.29, 1.82) is 0 Å². The summed E-state index contributed by atoms with van der Waals surface area (Å²) >= 11 is 1.96. The van der Waals surface area contributed by atoms with Crippen molar-refractivity contribution in [3.63, 3.8) is 0 Å². The fraction of sp³-hybridized carbons (Fsp3) is 0.400. The molecular formula is C10H14S. The molecule has 1 aliphatic heterocycles. The van der Waals surface area contributed by atoms with Crippen LogP contribution in [0.2, 0.25) is 0 Å². The van der Waals surface area contributed by atoms with Gasteiger partial charge in [0.2, 0.25) is 0 Å². The predicted octanol–water partition coefficient (Wildman–Crippen LogP) is 3.53. The number of rotatable bonds is 2. The summed E-state index contributed by atoms with van der Waals surface area (Å²) in [6.45, 7) is 4.14. The van der Waals surface area contributed by atoms with Crippen molar-refractivity contribution in [3.8, 4) is 0 Å². The van der Waals surface area contributed by atoms with Crippen molar-refractivity contribution in [1.82, 2.24) is 0 Å². The molecule has 60 valence electrons. The first kappa shape index (κ1) is 8.66. The van der Waals surface area contributed by atoms with Gasteiger partial charge >= 0.3 is 0 Å². The van der Waals surface area contributed by atoms with Gasteiger partial charge in [0.1, 0.15) is 0 Å². The Morgan fingerprint density at radius 3 is 2.55 bits per heavy atom. The molecule has 0 aromatic heterocycles. The van der Waals surface area contributed by atoms with E-state index in [1.165, 1.54) is 22.7 Å². The van der Waals surface area contributed by atoms with Crippen LogP contribution in [0.4, 0.5) is 0 Å². The molecule has 0 aromatic rings. The van der Waals surface area contributed by atoms with E-state index >= 15 is 0 Å². The van der Waals surface area contributed by atoms with Gasteiger partial charge in [-0.25, -0.2) is 0 Å². The molecule has 0 spiro atoms. The lowest BCUT2D eigenvalue weighted by Gasteiger charge is -1.93. The molecular weight excluding hydrogens is 152 g/mol. The summed E-state index contributed by atoms with van der Waals surface area (Å²) in [6.07, 6.45) is 9.87. The smallest absolute Gasteiger partial charge is 0.0101 e. The zero-order chi connectivity index (χ0) is 8.10. The highest BCUT2D eigenvalue weighted by Gasteiger charge is 2.08. The summed E-state index contributed by atoms with van der Waals surface area (Å²) in [4.78, 5) is 1.45. The second-order valence-electron chi connectivity index (χ2n) is 2.49. The van der Waals surface area contributed by atoms with Gasteiger partial charge in [0.25, 0.3) is 0 Å². The highest BCUT2D eigenvalue weighted by Crippen LogP contribution is 2.32. The molecule has 0 radical (unpaired) electrons. The molecule has 1 heteroatoms. The summed E-state index contributed by atoms with van der Waals surface area (Å²) in [7, 11) is 0. The highest BCUT2D eigenvalue weighted by molar-refractivity contribution is 8.03. The van der Waals surface area contributed by atoms with Crippen LogP contribution in [0.25, 0.3) is 0 Å². The Kier molecular flexibility index (Phi) is 3.50. The maximum Gasteiger partial charge on any atom is 0.0101 e. The second-order valence-corrected chi connectivity index (χ2v) is 3.62. The lowest BCUT2D eigenvalue weighted by molar-refractivity contribution is 1.19. The summed E-state index contributed by atoms with van der Waals surface area (Å²) < 4.78 is 0. The van der Waals surface area contributed by atoms with Crippen molar-refractivity contribution >= 4 is 11.8 Å². The average Bonchev–Trinajstić information content (AvgIpc) is 2.39. The minimum atomic E-state index is 1.23. The molecule has 0 saturated heterocycles. The fourth-order valence-electron chi connectivity index (χ4n) is 1.16. The van der Waals surface area contributed by atoms with Crippen LogP contribution in [0.5, 0.6) is 0 Å². The van der Waals surface area contributed by atoms with Crippen LogP contribution in [0.3, 0.4) is 0 Å². The molecule has 1 heterocycles. The number of hydrogen-bond acceptors (Lipinski definition) is 1. The molecule has 0 aromatic carbocycles. The molecule has 0 fully saturated rings. The normalized spacial score (nSPS) is 19.5. The zero-order valence-electron chi connectivity index (χ0n) is 7.13. The minimum Gasteiger partial charge on any atom is -0.126 e. The standard InChI is InChI=1S/C10H14S/c1-3-5-9-7-8-11-10(9)6-4-2/h3-6H,7-8H2,1-2H3/b5-3-,6-4-. The van der Waals surface area contributed by atoms with E-state index in [2.05, 4.69) is 38.2 Å². The Morgan fingerprint density at radius 2 is 1.91 bits per heavy atom. The second kappa shape index (κ2) is 4.45. The van der Waals surface area contributed by atoms with Gasteiger partial charge in [-0.2, -0.15) is 0 Å². The third-order valence-electron chi connectivity index (χ3n) is 1.63. The van der Waals surface area contributed by atoms with E-state index in [1.54, 1.807) is 0 Å². The Labute approximate surface area is 73.1 Å². The molecule has 0 bridgehead atoms. The molecule has 0 atom stereocenters. The Balaban J connectivity index is 2.77. The highest BCUT2D eigenvalue weighted by atomic mass is 32.2. The van der Waals surface area contributed by atoms with Gasteiger partial charge in [0.15, 0.2) is 0 Å². The SMILES string of the molecule is C/C=C\C1=C(/C=C\C)SCC1. The average molecular weight is 166 g/mol. The molecule has 1 rings (SSSR count). The van der Waals surface area contributed by atoms with Gasteiger partial charge in [-0.15, -0.1) is 11.8 Å². The number of hydrogen-bond donors (Lipinski definition) is 0. The molecule has 0 nitrogen and oxygen atoms in total. The molecule has 0 amide bonds. The van der Waals surface area contributed by atoms with Crippen molar-refractivity contribution in [3.05, 3.63) is 34.8 Å². The first-order valence-corrected chi connectivity index (χ1v) is 4.98. The van der Waals surface area contributed by atoms with Crippen LogP contribution >= 0.6 is 11.8 Å². The van der Waals surface area contributed by atoms with Gasteiger partial charge < -0.3 is 0 Å². The van der Waals surface area contributed by atoms with Crippen molar-refractivity contribution in [2.45, 2.75) is 20.3 Å². The zero-order valence-corrected chi connectivity index (χ0v) is 7.95. The van der Waals surface area contributed by atoms with Gasteiger partial charge in [0, 0.05) is 10.7 Å². The van der Waals surface area contributed by atoms with Crippen LogP contribution in [0.1, 0.15) is 20.3 Å². The van der Waals surface area contributed by atoms with Crippen LogP contribution in [-0.4, -0.2) is 5.75 Å².